The number of hydrogen-bond donors (Lipinski definition) is 1. The summed E-state index contributed by atoms with van der Waals surface area (Å²) in [7, 11) is 0. The normalized spacial score (nSPS) is 12.5. The van der Waals surface area contributed by atoms with Crippen molar-refractivity contribution in [2.75, 3.05) is 13.2 Å². The first kappa shape index (κ1) is 13.0. The second-order valence-electron chi connectivity index (χ2n) is 3.82. The fourth-order valence-electron chi connectivity index (χ4n) is 1.54. The highest BCUT2D eigenvalue weighted by atomic mass is 19.1. The summed E-state index contributed by atoms with van der Waals surface area (Å²) in [5.41, 5.74) is 0.947. The van der Waals surface area contributed by atoms with Crippen LogP contribution >= 0.6 is 0 Å². The van der Waals surface area contributed by atoms with Crippen LogP contribution < -0.4 is 10.1 Å². The fourth-order valence-corrected chi connectivity index (χ4v) is 1.54. The summed E-state index contributed by atoms with van der Waals surface area (Å²) in [6, 6.07) is 5.31. The van der Waals surface area contributed by atoms with E-state index < -0.39 is 0 Å². The standard InChI is InChI=1S/C13H20FNO/c1-4-8-16-13-7-6-11(9-12(13)14)10(3)15-5-2/h6-7,9-10,15H,4-5,8H2,1-3H3. The number of nitrogens with one attached hydrogen (secondary N) is 1. The molecule has 1 aromatic rings. The molecule has 0 aromatic heterocycles. The molecular formula is C13H20FNO. The Kier molecular flexibility index (Phi) is 5.26. The van der Waals surface area contributed by atoms with Crippen molar-refractivity contribution in [3.05, 3.63) is 29.6 Å². The van der Waals surface area contributed by atoms with Crippen LogP contribution in [0.4, 0.5) is 4.39 Å². The highest BCUT2D eigenvalue weighted by Gasteiger charge is 2.08. The third kappa shape index (κ3) is 3.49. The number of rotatable bonds is 6. The van der Waals surface area contributed by atoms with E-state index in [1.54, 1.807) is 12.1 Å². The summed E-state index contributed by atoms with van der Waals surface area (Å²) in [6.07, 6.45) is 0.884. The molecule has 90 valence electrons. The Morgan fingerprint density at radius 2 is 2.12 bits per heavy atom. The molecule has 1 N–H and O–H groups in total. The minimum atomic E-state index is -0.282. The van der Waals surface area contributed by atoms with Gasteiger partial charge in [-0.1, -0.05) is 19.9 Å². The van der Waals surface area contributed by atoms with E-state index in [1.807, 2.05) is 26.8 Å². The maximum atomic E-state index is 13.6. The van der Waals surface area contributed by atoms with Gasteiger partial charge in [-0.25, -0.2) is 4.39 Å². The Labute approximate surface area is 96.8 Å². The lowest BCUT2D eigenvalue weighted by Crippen LogP contribution is -2.17. The van der Waals surface area contributed by atoms with Crippen LogP contribution in [-0.2, 0) is 0 Å². The molecule has 0 spiro atoms. The smallest absolute Gasteiger partial charge is 0.165 e. The van der Waals surface area contributed by atoms with Crippen LogP contribution in [0.2, 0.25) is 0 Å². The van der Waals surface area contributed by atoms with E-state index in [1.165, 1.54) is 0 Å². The molecule has 0 saturated carbocycles. The Bertz CT molecular complexity index is 328. The third-order valence-electron chi connectivity index (χ3n) is 2.43. The molecule has 1 aromatic carbocycles. The molecule has 0 bridgehead atoms. The topological polar surface area (TPSA) is 21.3 Å². The van der Waals surface area contributed by atoms with Crippen LogP contribution in [0, 0.1) is 5.82 Å². The first-order valence-corrected chi connectivity index (χ1v) is 5.84. The van der Waals surface area contributed by atoms with E-state index in [0.717, 1.165) is 18.5 Å². The Balaban J connectivity index is 2.73. The van der Waals surface area contributed by atoms with Crippen molar-refractivity contribution < 1.29 is 9.13 Å². The molecular weight excluding hydrogens is 205 g/mol. The largest absolute Gasteiger partial charge is 0.491 e. The average Bonchev–Trinajstić information content (AvgIpc) is 2.27. The first-order valence-electron chi connectivity index (χ1n) is 5.84. The highest BCUT2D eigenvalue weighted by molar-refractivity contribution is 5.30. The van der Waals surface area contributed by atoms with Crippen LogP contribution in [0.15, 0.2) is 18.2 Å². The first-order chi connectivity index (χ1) is 7.69. The van der Waals surface area contributed by atoms with Crippen molar-refractivity contribution in [3.63, 3.8) is 0 Å². The average molecular weight is 225 g/mol. The third-order valence-corrected chi connectivity index (χ3v) is 2.43. The summed E-state index contributed by atoms with van der Waals surface area (Å²) >= 11 is 0. The molecule has 1 rings (SSSR count). The van der Waals surface area contributed by atoms with Crippen molar-refractivity contribution in [1.29, 1.82) is 0 Å². The zero-order valence-corrected chi connectivity index (χ0v) is 10.2. The summed E-state index contributed by atoms with van der Waals surface area (Å²) in [5, 5.41) is 3.24. The Morgan fingerprint density at radius 1 is 1.38 bits per heavy atom. The lowest BCUT2D eigenvalue weighted by molar-refractivity contribution is 0.301. The molecule has 0 heterocycles. The molecule has 0 aliphatic rings. The summed E-state index contributed by atoms with van der Waals surface area (Å²) in [5.74, 6) is 0.0602. The lowest BCUT2D eigenvalue weighted by atomic mass is 10.1. The number of hydrogen-bond acceptors (Lipinski definition) is 2. The molecule has 0 fully saturated rings. The van der Waals surface area contributed by atoms with Gasteiger partial charge in [0.25, 0.3) is 0 Å². The van der Waals surface area contributed by atoms with Gasteiger partial charge in [-0.15, -0.1) is 0 Å². The van der Waals surface area contributed by atoms with Gasteiger partial charge < -0.3 is 10.1 Å². The van der Waals surface area contributed by atoms with Gasteiger partial charge >= 0.3 is 0 Å². The zero-order chi connectivity index (χ0) is 12.0. The second kappa shape index (κ2) is 6.48. The van der Waals surface area contributed by atoms with Gasteiger partial charge in [0.15, 0.2) is 11.6 Å². The zero-order valence-electron chi connectivity index (χ0n) is 10.2. The predicted octanol–water partition coefficient (Wildman–Crippen LogP) is 3.29. The van der Waals surface area contributed by atoms with Crippen LogP contribution in [0.5, 0.6) is 5.75 Å². The van der Waals surface area contributed by atoms with E-state index in [9.17, 15) is 4.39 Å². The fraction of sp³-hybridized carbons (Fsp3) is 0.538. The molecule has 0 aliphatic carbocycles. The highest BCUT2D eigenvalue weighted by Crippen LogP contribution is 2.22. The van der Waals surface area contributed by atoms with Gasteiger partial charge in [0.1, 0.15) is 0 Å². The molecule has 2 nitrogen and oxygen atoms in total. The van der Waals surface area contributed by atoms with E-state index in [4.69, 9.17) is 4.74 Å². The van der Waals surface area contributed by atoms with Crippen LogP contribution in [0.25, 0.3) is 0 Å². The minimum absolute atomic E-state index is 0.166. The maximum absolute atomic E-state index is 13.6. The van der Waals surface area contributed by atoms with Gasteiger partial charge in [-0.2, -0.15) is 0 Å². The predicted molar refractivity (Wildman–Crippen MR) is 64.3 cm³/mol. The number of benzene rings is 1. The summed E-state index contributed by atoms with van der Waals surface area (Å²) < 4.78 is 18.9. The van der Waals surface area contributed by atoms with Gasteiger partial charge in [0, 0.05) is 6.04 Å². The quantitative estimate of drug-likeness (QED) is 0.802. The van der Waals surface area contributed by atoms with Crippen molar-refractivity contribution in [2.24, 2.45) is 0 Å². The molecule has 1 unspecified atom stereocenters. The Morgan fingerprint density at radius 3 is 2.69 bits per heavy atom. The van der Waals surface area contributed by atoms with Crippen LogP contribution in [0.3, 0.4) is 0 Å². The minimum Gasteiger partial charge on any atom is -0.491 e. The van der Waals surface area contributed by atoms with E-state index >= 15 is 0 Å². The van der Waals surface area contributed by atoms with Crippen LogP contribution in [0.1, 0.15) is 38.8 Å². The monoisotopic (exact) mass is 225 g/mol. The van der Waals surface area contributed by atoms with Crippen molar-refractivity contribution in [2.45, 2.75) is 33.2 Å². The molecule has 1 atom stereocenters. The van der Waals surface area contributed by atoms with Gasteiger partial charge in [0.2, 0.25) is 0 Å². The molecule has 3 heteroatoms. The molecule has 0 saturated heterocycles. The number of halogens is 1. The SMILES string of the molecule is CCCOc1ccc(C(C)NCC)cc1F. The maximum Gasteiger partial charge on any atom is 0.165 e. The van der Waals surface area contributed by atoms with Gasteiger partial charge in [0.05, 0.1) is 6.61 Å². The molecule has 16 heavy (non-hydrogen) atoms. The molecule has 0 aliphatic heterocycles. The van der Waals surface area contributed by atoms with E-state index in [0.29, 0.717) is 12.4 Å². The van der Waals surface area contributed by atoms with Crippen LogP contribution in [-0.4, -0.2) is 13.2 Å². The second-order valence-corrected chi connectivity index (χ2v) is 3.82. The van der Waals surface area contributed by atoms with Crippen molar-refractivity contribution >= 4 is 0 Å². The van der Waals surface area contributed by atoms with Crippen molar-refractivity contribution in [1.82, 2.24) is 5.32 Å². The summed E-state index contributed by atoms with van der Waals surface area (Å²) in [4.78, 5) is 0. The lowest BCUT2D eigenvalue weighted by Gasteiger charge is -2.14. The molecule has 0 radical (unpaired) electrons. The van der Waals surface area contributed by atoms with Gasteiger partial charge in [-0.05, 0) is 37.6 Å². The van der Waals surface area contributed by atoms with Gasteiger partial charge in [-0.3, -0.25) is 0 Å². The van der Waals surface area contributed by atoms with Crippen molar-refractivity contribution in [3.8, 4) is 5.75 Å². The van der Waals surface area contributed by atoms with E-state index in [2.05, 4.69) is 5.32 Å². The van der Waals surface area contributed by atoms with E-state index in [-0.39, 0.29) is 11.9 Å². The summed E-state index contributed by atoms with van der Waals surface area (Å²) in [6.45, 7) is 7.48. The molecule has 0 amide bonds. The number of ether oxygens (including phenoxy) is 1. The Hall–Kier alpha value is -1.09.